The van der Waals surface area contributed by atoms with Gasteiger partial charge in [0.15, 0.2) is 11.5 Å². The summed E-state index contributed by atoms with van der Waals surface area (Å²) >= 11 is 0. The van der Waals surface area contributed by atoms with Crippen LogP contribution in [0.1, 0.15) is 11.1 Å². The number of aliphatic carboxylic acids is 1. The van der Waals surface area contributed by atoms with E-state index in [2.05, 4.69) is 0 Å². The smallest absolute Gasteiger partial charge is 0.376 e. The van der Waals surface area contributed by atoms with Crippen LogP contribution in [-0.2, 0) is 22.6 Å². The summed E-state index contributed by atoms with van der Waals surface area (Å²) < 4.78 is 17.0. The largest absolute Gasteiger partial charge is 0.489 e. The van der Waals surface area contributed by atoms with Crippen LogP contribution in [0.25, 0.3) is 0 Å². The highest BCUT2D eigenvalue weighted by atomic mass is 16.6. The molecule has 1 aliphatic rings. The lowest BCUT2D eigenvalue weighted by Crippen LogP contribution is -2.35. The van der Waals surface area contributed by atoms with Crippen molar-refractivity contribution in [2.24, 2.45) is 0 Å². The zero-order valence-corrected chi connectivity index (χ0v) is 18.1. The van der Waals surface area contributed by atoms with Gasteiger partial charge in [0.1, 0.15) is 12.4 Å². The highest BCUT2D eigenvalue weighted by Crippen LogP contribution is 2.38. The fourth-order valence-corrected chi connectivity index (χ4v) is 3.29. The Balaban J connectivity index is 1.47. The van der Waals surface area contributed by atoms with Crippen molar-refractivity contribution in [1.82, 2.24) is 4.90 Å². The van der Waals surface area contributed by atoms with E-state index < -0.39 is 17.6 Å². The van der Waals surface area contributed by atoms with Crippen LogP contribution in [0.3, 0.4) is 0 Å². The molecule has 0 atom stereocenters. The molecule has 0 fully saturated rings. The minimum Gasteiger partial charge on any atom is -0.489 e. The second-order valence-electron chi connectivity index (χ2n) is 7.51. The summed E-state index contributed by atoms with van der Waals surface area (Å²) in [5.41, 5.74) is 2.06. The highest BCUT2D eigenvalue weighted by Gasteiger charge is 2.33. The van der Waals surface area contributed by atoms with E-state index in [0.717, 1.165) is 11.1 Å². The zero-order chi connectivity index (χ0) is 23.2. The van der Waals surface area contributed by atoms with E-state index in [-0.39, 0.29) is 17.3 Å². The van der Waals surface area contributed by atoms with Gasteiger partial charge < -0.3 is 24.2 Å². The first kappa shape index (κ1) is 22.0. The van der Waals surface area contributed by atoms with Gasteiger partial charge in [0.25, 0.3) is 11.7 Å². The van der Waals surface area contributed by atoms with Crippen molar-refractivity contribution in [3.05, 3.63) is 102 Å². The van der Waals surface area contributed by atoms with E-state index >= 15 is 0 Å². The number of nitrogens with zero attached hydrogens (tertiary/aromatic N) is 1. The Morgan fingerprint density at radius 1 is 0.848 bits per heavy atom. The van der Waals surface area contributed by atoms with Crippen LogP contribution in [0.4, 0.5) is 0 Å². The van der Waals surface area contributed by atoms with Crippen molar-refractivity contribution < 1.29 is 28.9 Å². The van der Waals surface area contributed by atoms with E-state index in [0.29, 0.717) is 25.3 Å². The third kappa shape index (κ3) is 5.33. The summed E-state index contributed by atoms with van der Waals surface area (Å²) in [5.74, 6) is -1.98. The van der Waals surface area contributed by atoms with Gasteiger partial charge in [-0.05, 0) is 29.7 Å². The first-order valence-electron chi connectivity index (χ1n) is 10.4. The number of rotatable bonds is 8. The number of ether oxygens (including phenoxy) is 3. The molecule has 1 amide bonds. The molecular weight excluding hydrogens is 422 g/mol. The zero-order valence-electron chi connectivity index (χ0n) is 18.1. The van der Waals surface area contributed by atoms with E-state index in [4.69, 9.17) is 14.2 Å². The Hall–Kier alpha value is -4.26. The molecule has 0 spiro atoms. The molecule has 0 bridgehead atoms. The molecule has 0 aliphatic carbocycles. The predicted molar refractivity (Wildman–Crippen MR) is 121 cm³/mol. The van der Waals surface area contributed by atoms with Gasteiger partial charge in [0, 0.05) is 19.7 Å². The van der Waals surface area contributed by atoms with Gasteiger partial charge in [-0.2, -0.15) is 0 Å². The van der Waals surface area contributed by atoms with Crippen molar-refractivity contribution in [1.29, 1.82) is 0 Å². The molecule has 1 aliphatic heterocycles. The number of carboxylic acids is 1. The summed E-state index contributed by atoms with van der Waals surface area (Å²) in [6, 6.07) is 24.2. The third-order valence-electron chi connectivity index (χ3n) is 5.11. The third-order valence-corrected chi connectivity index (χ3v) is 5.11. The molecule has 3 aromatic rings. The monoisotopic (exact) mass is 445 g/mol. The Labute approximate surface area is 191 Å². The normalized spacial score (nSPS) is 12.3. The fraction of sp³-hybridized carbons (Fsp3) is 0.154. The molecule has 3 aromatic carbocycles. The molecule has 7 nitrogen and oxygen atoms in total. The van der Waals surface area contributed by atoms with Crippen LogP contribution >= 0.6 is 0 Å². The minimum atomic E-state index is -1.39. The lowest BCUT2D eigenvalue weighted by atomic mass is 10.1. The molecule has 7 heteroatoms. The molecule has 0 radical (unpaired) electrons. The Morgan fingerprint density at radius 3 is 2.15 bits per heavy atom. The highest BCUT2D eigenvalue weighted by molar-refractivity contribution is 6.00. The van der Waals surface area contributed by atoms with Crippen molar-refractivity contribution in [2.75, 3.05) is 13.6 Å². The first-order valence-corrected chi connectivity index (χ1v) is 10.4. The van der Waals surface area contributed by atoms with Crippen LogP contribution in [0.5, 0.6) is 17.2 Å². The number of hydrogen-bond donors (Lipinski definition) is 1. The average molecular weight is 445 g/mol. The van der Waals surface area contributed by atoms with E-state index in [9.17, 15) is 14.7 Å². The summed E-state index contributed by atoms with van der Waals surface area (Å²) in [6.07, 6.45) is 0.623. The van der Waals surface area contributed by atoms with Crippen molar-refractivity contribution >= 4 is 11.9 Å². The number of carbonyl (C=O) groups excluding carboxylic acids is 1. The standard InChI is InChI=1S/C26H23NO6/c1-27(15-14-18-8-4-2-5-9-18)25(28)23-24(26(29)30)33-22-16-20(12-13-21(22)32-23)31-17-19-10-6-3-7-11-19/h2-13,16H,14-15,17H2,1H3,(H,29,30). The second-order valence-corrected chi connectivity index (χ2v) is 7.51. The van der Waals surface area contributed by atoms with Gasteiger partial charge >= 0.3 is 5.97 Å². The Morgan fingerprint density at radius 2 is 1.48 bits per heavy atom. The molecule has 4 rings (SSSR count). The number of carbonyl (C=O) groups is 2. The molecule has 0 aromatic heterocycles. The summed E-state index contributed by atoms with van der Waals surface area (Å²) in [7, 11) is 1.59. The number of carboxylic acid groups (broad SMARTS) is 1. The van der Waals surface area contributed by atoms with Crippen molar-refractivity contribution in [3.63, 3.8) is 0 Å². The fourth-order valence-electron chi connectivity index (χ4n) is 3.29. The van der Waals surface area contributed by atoms with E-state index in [1.165, 1.54) is 4.90 Å². The Bertz CT molecular complexity index is 1170. The molecule has 0 unspecified atom stereocenters. The van der Waals surface area contributed by atoms with E-state index in [1.807, 2.05) is 60.7 Å². The maximum Gasteiger partial charge on any atom is 0.376 e. The second kappa shape index (κ2) is 9.91. The predicted octanol–water partition coefficient (Wildman–Crippen LogP) is 4.03. The maximum atomic E-state index is 12.9. The summed E-state index contributed by atoms with van der Waals surface area (Å²) in [4.78, 5) is 26.2. The molecular formula is C26H23NO6. The molecule has 0 saturated heterocycles. The molecule has 33 heavy (non-hydrogen) atoms. The van der Waals surface area contributed by atoms with Crippen LogP contribution in [0, 0.1) is 0 Å². The lowest BCUT2D eigenvalue weighted by Gasteiger charge is -2.24. The number of benzene rings is 3. The molecule has 0 saturated carbocycles. The minimum absolute atomic E-state index is 0.168. The quantitative estimate of drug-likeness (QED) is 0.564. The SMILES string of the molecule is CN(CCc1ccccc1)C(=O)C1=C(C(=O)O)Oc2cc(OCc3ccccc3)ccc2O1. The maximum absolute atomic E-state index is 12.9. The van der Waals surface area contributed by atoms with Gasteiger partial charge in [-0.15, -0.1) is 0 Å². The molecule has 1 N–H and O–H groups in total. The number of hydrogen-bond acceptors (Lipinski definition) is 5. The number of amides is 1. The number of fused-ring (bicyclic) bond motifs is 1. The number of likely N-dealkylation sites (N-methyl/N-ethyl adjacent to an activating group) is 1. The van der Waals surface area contributed by atoms with Gasteiger partial charge in [-0.25, -0.2) is 4.79 Å². The van der Waals surface area contributed by atoms with Gasteiger partial charge in [-0.1, -0.05) is 60.7 Å². The topological polar surface area (TPSA) is 85.3 Å². The first-order chi connectivity index (χ1) is 16.0. The van der Waals surface area contributed by atoms with Crippen molar-refractivity contribution in [3.8, 4) is 17.2 Å². The van der Waals surface area contributed by atoms with Crippen LogP contribution < -0.4 is 14.2 Å². The summed E-state index contributed by atoms with van der Waals surface area (Å²) in [6.45, 7) is 0.736. The molecule has 168 valence electrons. The van der Waals surface area contributed by atoms with Gasteiger partial charge in [0.2, 0.25) is 5.76 Å². The van der Waals surface area contributed by atoms with Crippen LogP contribution in [0.15, 0.2) is 90.4 Å². The average Bonchev–Trinajstić information content (AvgIpc) is 2.85. The molecule has 1 heterocycles. The van der Waals surface area contributed by atoms with Crippen molar-refractivity contribution in [2.45, 2.75) is 13.0 Å². The summed E-state index contributed by atoms with van der Waals surface area (Å²) in [5, 5.41) is 9.63. The Kier molecular flexibility index (Phi) is 6.59. The van der Waals surface area contributed by atoms with Crippen LogP contribution in [-0.4, -0.2) is 35.5 Å². The lowest BCUT2D eigenvalue weighted by molar-refractivity contribution is -0.137. The van der Waals surface area contributed by atoms with Crippen LogP contribution in [0.2, 0.25) is 0 Å². The van der Waals surface area contributed by atoms with Gasteiger partial charge in [-0.3, -0.25) is 4.79 Å². The van der Waals surface area contributed by atoms with E-state index in [1.54, 1.807) is 25.2 Å². The van der Waals surface area contributed by atoms with Gasteiger partial charge in [0.05, 0.1) is 0 Å².